The number of nitrogens with one attached hydrogen (secondary N) is 1. The number of thioether (sulfide) groups is 1. The third-order valence-electron chi connectivity index (χ3n) is 2.16. The zero-order chi connectivity index (χ0) is 12.1. The van der Waals surface area contributed by atoms with Crippen LogP contribution in [0.3, 0.4) is 0 Å². The van der Waals surface area contributed by atoms with E-state index in [0.29, 0.717) is 0 Å². The van der Waals surface area contributed by atoms with Gasteiger partial charge in [-0.3, -0.25) is 4.79 Å². The maximum absolute atomic E-state index is 10.7. The summed E-state index contributed by atoms with van der Waals surface area (Å²) in [6.07, 6.45) is 8.35. The third-order valence-corrected chi connectivity index (χ3v) is 3.00. The van der Waals surface area contributed by atoms with Gasteiger partial charge in [-0.1, -0.05) is 17.8 Å². The molecule has 0 atom stereocenters. The number of aromatic amines is 1. The number of rotatable bonds is 4. The molecule has 4 nitrogen and oxygen atoms in total. The first kappa shape index (κ1) is 11.9. The Bertz CT molecular complexity index is 547. The van der Waals surface area contributed by atoms with E-state index >= 15 is 0 Å². The highest BCUT2D eigenvalue weighted by Gasteiger charge is 1.97. The lowest BCUT2D eigenvalue weighted by Crippen LogP contribution is -1.86. The van der Waals surface area contributed by atoms with Gasteiger partial charge in [-0.05, 0) is 18.6 Å². The lowest BCUT2D eigenvalue weighted by molar-refractivity contribution is -0.109. The van der Waals surface area contributed by atoms with Gasteiger partial charge in [0, 0.05) is 18.9 Å². The number of hydrogen-bond donors (Lipinski definition) is 1. The van der Waals surface area contributed by atoms with E-state index < -0.39 is 0 Å². The first-order valence-electron chi connectivity index (χ1n) is 5.36. The molecule has 5 heteroatoms. The van der Waals surface area contributed by atoms with Crippen molar-refractivity contribution in [1.82, 2.24) is 15.0 Å². The van der Waals surface area contributed by atoms with Gasteiger partial charge in [0.15, 0.2) is 10.8 Å². The van der Waals surface area contributed by atoms with Gasteiger partial charge < -0.3 is 4.98 Å². The molecule has 17 heavy (non-hydrogen) atoms. The summed E-state index contributed by atoms with van der Waals surface area (Å²) in [5.41, 5.74) is 2.50. The van der Waals surface area contributed by atoms with E-state index in [1.807, 2.05) is 24.4 Å². The van der Waals surface area contributed by atoms with E-state index in [4.69, 9.17) is 0 Å². The van der Waals surface area contributed by atoms with Gasteiger partial charge in [-0.15, -0.1) is 0 Å². The zero-order valence-corrected chi connectivity index (χ0v) is 10.3. The highest BCUT2D eigenvalue weighted by molar-refractivity contribution is 8.13. The Balaban J connectivity index is 1.93. The predicted octanol–water partition coefficient (Wildman–Crippen LogP) is 2.64. The summed E-state index contributed by atoms with van der Waals surface area (Å²) in [4.78, 5) is 22.4. The maximum Gasteiger partial charge on any atom is 0.185 e. The van der Waals surface area contributed by atoms with Crippen molar-refractivity contribution in [3.63, 3.8) is 0 Å². The van der Waals surface area contributed by atoms with Gasteiger partial charge in [0.25, 0.3) is 0 Å². The van der Waals surface area contributed by atoms with Crippen molar-refractivity contribution in [1.29, 1.82) is 0 Å². The molecule has 0 radical (unpaired) electrons. The van der Waals surface area contributed by atoms with Crippen LogP contribution in [0.5, 0.6) is 0 Å². The van der Waals surface area contributed by atoms with Crippen LogP contribution in [-0.4, -0.2) is 25.8 Å². The van der Waals surface area contributed by atoms with Crippen LogP contribution in [0.4, 0.5) is 0 Å². The normalized spacial score (nSPS) is 11.4. The fraction of sp³-hybridized carbons (Fsp3) is 0.250. The summed E-state index contributed by atoms with van der Waals surface area (Å²) in [5.74, 6) is 0.811. The molecule has 2 aromatic rings. The Labute approximate surface area is 104 Å². The van der Waals surface area contributed by atoms with Crippen molar-refractivity contribution in [2.45, 2.75) is 13.3 Å². The molecule has 2 aromatic heterocycles. The molecular weight excluding hydrogens is 234 g/mol. The van der Waals surface area contributed by atoms with Crippen LogP contribution in [0.2, 0.25) is 0 Å². The van der Waals surface area contributed by atoms with E-state index in [1.165, 1.54) is 11.8 Å². The number of carbonyl (C=O) groups is 1. The quantitative estimate of drug-likeness (QED) is 0.844. The summed E-state index contributed by atoms with van der Waals surface area (Å²) in [5, 5.41) is 0.159. The van der Waals surface area contributed by atoms with E-state index in [1.54, 1.807) is 13.1 Å². The number of hydrogen-bond acceptors (Lipinski definition) is 4. The van der Waals surface area contributed by atoms with Crippen LogP contribution in [0.1, 0.15) is 19.0 Å². The molecule has 0 aromatic carbocycles. The van der Waals surface area contributed by atoms with E-state index in [9.17, 15) is 4.79 Å². The molecule has 0 aliphatic rings. The average Bonchev–Trinajstić information content (AvgIpc) is 2.75. The van der Waals surface area contributed by atoms with Crippen LogP contribution in [-0.2, 0) is 4.79 Å². The topological polar surface area (TPSA) is 58.6 Å². The summed E-state index contributed by atoms with van der Waals surface area (Å²) in [6.45, 7) is 1.58. The van der Waals surface area contributed by atoms with Crippen molar-refractivity contribution in [2.24, 2.45) is 0 Å². The monoisotopic (exact) mass is 247 g/mol. The minimum absolute atomic E-state index is 0.159. The largest absolute Gasteiger partial charge is 0.345 e. The molecule has 0 unspecified atom stereocenters. The molecule has 0 saturated carbocycles. The van der Waals surface area contributed by atoms with Crippen molar-refractivity contribution >= 4 is 34.1 Å². The molecule has 1 N–H and O–H groups in total. The fourth-order valence-electron chi connectivity index (χ4n) is 1.40. The SMILES string of the molecule is CC(=O)SCCC=Cc1cnc2[nH]ccc2n1. The molecule has 0 bridgehead atoms. The van der Waals surface area contributed by atoms with Gasteiger partial charge in [0.1, 0.15) is 5.52 Å². The maximum atomic E-state index is 10.7. The van der Waals surface area contributed by atoms with Crippen molar-refractivity contribution in [3.05, 3.63) is 30.2 Å². The Morgan fingerprint density at radius 2 is 2.47 bits per heavy atom. The molecule has 0 aliphatic carbocycles. The first-order chi connectivity index (χ1) is 8.25. The van der Waals surface area contributed by atoms with Gasteiger partial charge >= 0.3 is 0 Å². The van der Waals surface area contributed by atoms with Crippen molar-refractivity contribution < 1.29 is 4.79 Å². The summed E-state index contributed by atoms with van der Waals surface area (Å²) < 4.78 is 0. The fourth-order valence-corrected chi connectivity index (χ4v) is 1.94. The molecule has 2 rings (SSSR count). The number of fused-ring (bicyclic) bond motifs is 1. The second kappa shape index (κ2) is 5.63. The highest BCUT2D eigenvalue weighted by Crippen LogP contribution is 2.09. The molecule has 0 aliphatic heterocycles. The third kappa shape index (κ3) is 3.42. The standard InChI is InChI=1S/C12H13N3OS/c1-9(16)17-7-3-2-4-10-8-14-12-11(15-10)5-6-13-12/h2,4-6,8H,3,7H2,1H3,(H,13,14). The minimum atomic E-state index is 0.159. The van der Waals surface area contributed by atoms with Gasteiger partial charge in [-0.25, -0.2) is 9.97 Å². The van der Waals surface area contributed by atoms with E-state index in [2.05, 4.69) is 15.0 Å². The molecule has 0 fully saturated rings. The van der Waals surface area contributed by atoms with Gasteiger partial charge in [0.2, 0.25) is 0 Å². The molecular formula is C12H13N3OS. The van der Waals surface area contributed by atoms with Crippen molar-refractivity contribution in [3.8, 4) is 0 Å². The molecule has 0 amide bonds. The summed E-state index contributed by atoms with van der Waals surface area (Å²) >= 11 is 1.34. The molecule has 0 saturated heterocycles. The van der Waals surface area contributed by atoms with Crippen LogP contribution in [0.25, 0.3) is 17.2 Å². The Kier molecular flexibility index (Phi) is 3.93. The molecule has 2 heterocycles. The number of carbonyl (C=O) groups excluding carboxylic acids is 1. The van der Waals surface area contributed by atoms with Crippen LogP contribution in [0.15, 0.2) is 24.5 Å². The van der Waals surface area contributed by atoms with Gasteiger partial charge in [0.05, 0.1) is 11.9 Å². The summed E-state index contributed by atoms with van der Waals surface area (Å²) in [7, 11) is 0. The number of allylic oxidation sites excluding steroid dienone is 1. The van der Waals surface area contributed by atoms with Crippen LogP contribution in [0, 0.1) is 0 Å². The van der Waals surface area contributed by atoms with Gasteiger partial charge in [-0.2, -0.15) is 0 Å². The number of H-pyrrole nitrogens is 1. The minimum Gasteiger partial charge on any atom is -0.345 e. The predicted molar refractivity (Wildman–Crippen MR) is 70.7 cm³/mol. The summed E-state index contributed by atoms with van der Waals surface area (Å²) in [6, 6.07) is 1.89. The second-order valence-electron chi connectivity index (χ2n) is 3.54. The van der Waals surface area contributed by atoms with E-state index in [-0.39, 0.29) is 5.12 Å². The zero-order valence-electron chi connectivity index (χ0n) is 9.51. The molecule has 0 spiro atoms. The van der Waals surface area contributed by atoms with Crippen LogP contribution >= 0.6 is 11.8 Å². The lowest BCUT2D eigenvalue weighted by atomic mass is 10.3. The molecule has 88 valence electrons. The average molecular weight is 247 g/mol. The Morgan fingerprint density at radius 3 is 3.29 bits per heavy atom. The van der Waals surface area contributed by atoms with Crippen molar-refractivity contribution in [2.75, 3.05) is 5.75 Å². The smallest absolute Gasteiger partial charge is 0.185 e. The Morgan fingerprint density at radius 1 is 1.59 bits per heavy atom. The lowest BCUT2D eigenvalue weighted by Gasteiger charge is -1.94. The van der Waals surface area contributed by atoms with E-state index in [0.717, 1.165) is 29.0 Å². The second-order valence-corrected chi connectivity index (χ2v) is 4.81. The highest BCUT2D eigenvalue weighted by atomic mass is 32.2. The van der Waals surface area contributed by atoms with Crippen LogP contribution < -0.4 is 0 Å². The first-order valence-corrected chi connectivity index (χ1v) is 6.34. The Hall–Kier alpha value is -1.62. The number of nitrogens with zero attached hydrogens (tertiary/aromatic N) is 2. The number of aromatic nitrogens is 3.